The SMILES string of the molecule is NCCC1CN(Cc2cncc(Br)c2)c2ccccc21. The number of benzene rings is 1. The van der Waals surface area contributed by atoms with Gasteiger partial charge in [0.25, 0.3) is 0 Å². The van der Waals surface area contributed by atoms with Gasteiger partial charge in [-0.05, 0) is 52.2 Å². The number of halogens is 1. The fourth-order valence-corrected chi connectivity index (χ4v) is 3.36. The molecular formula is C16H18BrN3. The molecule has 0 amide bonds. The van der Waals surface area contributed by atoms with Crippen LogP contribution in [0.3, 0.4) is 0 Å². The highest BCUT2D eigenvalue weighted by atomic mass is 79.9. The fourth-order valence-electron chi connectivity index (χ4n) is 2.94. The summed E-state index contributed by atoms with van der Waals surface area (Å²) in [6.45, 7) is 2.68. The Hall–Kier alpha value is -1.39. The van der Waals surface area contributed by atoms with Crippen molar-refractivity contribution in [2.24, 2.45) is 5.73 Å². The first-order chi connectivity index (χ1) is 9.78. The van der Waals surface area contributed by atoms with E-state index >= 15 is 0 Å². The number of fused-ring (bicyclic) bond motifs is 1. The second-order valence-electron chi connectivity index (χ2n) is 5.23. The minimum atomic E-state index is 0.552. The van der Waals surface area contributed by atoms with Crippen LogP contribution in [0.25, 0.3) is 0 Å². The number of nitrogens with zero attached hydrogens (tertiary/aromatic N) is 2. The quantitative estimate of drug-likeness (QED) is 0.934. The largest absolute Gasteiger partial charge is 0.366 e. The van der Waals surface area contributed by atoms with Crippen LogP contribution in [0.2, 0.25) is 0 Å². The zero-order chi connectivity index (χ0) is 13.9. The lowest BCUT2D eigenvalue weighted by molar-refractivity contribution is 0.644. The van der Waals surface area contributed by atoms with Crippen molar-refractivity contribution in [2.75, 3.05) is 18.0 Å². The summed E-state index contributed by atoms with van der Waals surface area (Å²) in [7, 11) is 0. The van der Waals surface area contributed by atoms with Gasteiger partial charge in [-0.15, -0.1) is 0 Å². The molecule has 0 bridgehead atoms. The maximum absolute atomic E-state index is 5.75. The predicted molar refractivity (Wildman–Crippen MR) is 85.8 cm³/mol. The third-order valence-electron chi connectivity index (χ3n) is 3.81. The lowest BCUT2D eigenvalue weighted by Crippen LogP contribution is -2.22. The molecule has 2 aromatic rings. The summed E-state index contributed by atoms with van der Waals surface area (Å²) in [4.78, 5) is 6.67. The number of anilines is 1. The molecule has 0 saturated carbocycles. The van der Waals surface area contributed by atoms with Gasteiger partial charge in [0.1, 0.15) is 0 Å². The van der Waals surface area contributed by atoms with Gasteiger partial charge in [0, 0.05) is 41.6 Å². The molecule has 0 saturated heterocycles. The first kappa shape index (κ1) is 13.6. The maximum atomic E-state index is 5.75. The van der Waals surface area contributed by atoms with Crippen LogP contribution in [0.15, 0.2) is 47.2 Å². The zero-order valence-electron chi connectivity index (χ0n) is 11.3. The zero-order valence-corrected chi connectivity index (χ0v) is 12.9. The Morgan fingerprint density at radius 2 is 2.15 bits per heavy atom. The van der Waals surface area contributed by atoms with Crippen LogP contribution in [-0.2, 0) is 6.54 Å². The summed E-state index contributed by atoms with van der Waals surface area (Å²) in [5, 5.41) is 0. The van der Waals surface area contributed by atoms with E-state index in [1.165, 1.54) is 16.8 Å². The molecule has 0 fully saturated rings. The van der Waals surface area contributed by atoms with E-state index < -0.39 is 0 Å². The van der Waals surface area contributed by atoms with Gasteiger partial charge < -0.3 is 10.6 Å². The number of para-hydroxylation sites is 1. The van der Waals surface area contributed by atoms with Gasteiger partial charge in [0.2, 0.25) is 0 Å². The van der Waals surface area contributed by atoms with E-state index in [0.717, 1.165) is 30.5 Å². The number of pyridine rings is 1. The molecule has 0 radical (unpaired) electrons. The maximum Gasteiger partial charge on any atom is 0.0445 e. The molecule has 1 atom stereocenters. The normalized spacial score (nSPS) is 17.3. The van der Waals surface area contributed by atoms with E-state index in [2.05, 4.69) is 56.1 Å². The smallest absolute Gasteiger partial charge is 0.0445 e. The Morgan fingerprint density at radius 3 is 2.95 bits per heavy atom. The molecule has 2 N–H and O–H groups in total. The molecule has 0 aliphatic carbocycles. The lowest BCUT2D eigenvalue weighted by atomic mass is 9.98. The fraction of sp³-hybridized carbons (Fsp3) is 0.312. The minimum absolute atomic E-state index is 0.552. The number of hydrogen-bond donors (Lipinski definition) is 1. The van der Waals surface area contributed by atoms with E-state index in [9.17, 15) is 0 Å². The number of aromatic nitrogens is 1. The van der Waals surface area contributed by atoms with Crippen LogP contribution in [0.5, 0.6) is 0 Å². The monoisotopic (exact) mass is 331 g/mol. The van der Waals surface area contributed by atoms with Crippen molar-refractivity contribution in [2.45, 2.75) is 18.9 Å². The van der Waals surface area contributed by atoms with Crippen molar-refractivity contribution in [3.8, 4) is 0 Å². The predicted octanol–water partition coefficient (Wildman–Crippen LogP) is 3.30. The lowest BCUT2D eigenvalue weighted by Gasteiger charge is -2.20. The van der Waals surface area contributed by atoms with Gasteiger partial charge in [0.05, 0.1) is 0 Å². The summed E-state index contributed by atoms with van der Waals surface area (Å²) >= 11 is 3.48. The first-order valence-corrected chi connectivity index (χ1v) is 7.70. The summed E-state index contributed by atoms with van der Waals surface area (Å²) in [5.41, 5.74) is 9.74. The molecule has 0 spiro atoms. The van der Waals surface area contributed by atoms with Gasteiger partial charge in [0.15, 0.2) is 0 Å². The second kappa shape index (κ2) is 5.94. The van der Waals surface area contributed by atoms with Gasteiger partial charge in [-0.3, -0.25) is 4.98 Å². The van der Waals surface area contributed by atoms with Crippen molar-refractivity contribution >= 4 is 21.6 Å². The Kier molecular flexibility index (Phi) is 4.03. The van der Waals surface area contributed by atoms with E-state index in [1.807, 2.05) is 12.4 Å². The molecule has 1 aliphatic heterocycles. The molecule has 4 heteroatoms. The van der Waals surface area contributed by atoms with Crippen LogP contribution < -0.4 is 10.6 Å². The van der Waals surface area contributed by atoms with Crippen molar-refractivity contribution in [1.82, 2.24) is 4.98 Å². The molecule has 3 nitrogen and oxygen atoms in total. The van der Waals surface area contributed by atoms with Gasteiger partial charge in [-0.2, -0.15) is 0 Å². The third-order valence-corrected chi connectivity index (χ3v) is 4.24. The molecular weight excluding hydrogens is 314 g/mol. The van der Waals surface area contributed by atoms with Crippen LogP contribution in [0.4, 0.5) is 5.69 Å². The molecule has 1 aromatic carbocycles. The Bertz CT molecular complexity index is 600. The highest BCUT2D eigenvalue weighted by Crippen LogP contribution is 2.38. The Labute approximate surface area is 127 Å². The molecule has 1 aliphatic rings. The molecule has 1 aromatic heterocycles. The van der Waals surface area contributed by atoms with E-state index in [0.29, 0.717) is 5.92 Å². The first-order valence-electron chi connectivity index (χ1n) is 6.91. The van der Waals surface area contributed by atoms with E-state index in [4.69, 9.17) is 5.73 Å². The second-order valence-corrected chi connectivity index (χ2v) is 6.14. The molecule has 104 valence electrons. The highest BCUT2D eigenvalue weighted by Gasteiger charge is 2.27. The average Bonchev–Trinajstić information content (AvgIpc) is 2.78. The van der Waals surface area contributed by atoms with Crippen LogP contribution in [-0.4, -0.2) is 18.1 Å². The van der Waals surface area contributed by atoms with Crippen molar-refractivity contribution in [3.63, 3.8) is 0 Å². The summed E-state index contributed by atoms with van der Waals surface area (Å²) in [5.74, 6) is 0.552. The van der Waals surface area contributed by atoms with Gasteiger partial charge in [-0.1, -0.05) is 18.2 Å². The number of hydrogen-bond acceptors (Lipinski definition) is 3. The number of rotatable bonds is 4. The van der Waals surface area contributed by atoms with Crippen molar-refractivity contribution in [3.05, 3.63) is 58.3 Å². The van der Waals surface area contributed by atoms with Gasteiger partial charge >= 0.3 is 0 Å². The van der Waals surface area contributed by atoms with Crippen molar-refractivity contribution < 1.29 is 0 Å². The van der Waals surface area contributed by atoms with Gasteiger partial charge in [-0.25, -0.2) is 0 Å². The number of nitrogens with two attached hydrogens (primary N) is 1. The third kappa shape index (κ3) is 2.72. The summed E-state index contributed by atoms with van der Waals surface area (Å²) in [6, 6.07) is 10.8. The Morgan fingerprint density at radius 1 is 1.30 bits per heavy atom. The standard InChI is InChI=1S/C16H18BrN3/c17-14-7-12(8-19-9-14)10-20-11-13(5-6-18)15-3-1-2-4-16(15)20/h1-4,7-9,13H,5-6,10-11,18H2. The minimum Gasteiger partial charge on any atom is -0.366 e. The molecule has 2 heterocycles. The summed E-state index contributed by atoms with van der Waals surface area (Å²) in [6.07, 6.45) is 4.80. The Balaban J connectivity index is 1.85. The summed E-state index contributed by atoms with van der Waals surface area (Å²) < 4.78 is 1.03. The topological polar surface area (TPSA) is 42.1 Å². The van der Waals surface area contributed by atoms with Crippen LogP contribution >= 0.6 is 15.9 Å². The van der Waals surface area contributed by atoms with E-state index in [1.54, 1.807) is 0 Å². The van der Waals surface area contributed by atoms with E-state index in [-0.39, 0.29) is 0 Å². The van der Waals surface area contributed by atoms with Crippen LogP contribution in [0.1, 0.15) is 23.5 Å². The van der Waals surface area contributed by atoms with Crippen LogP contribution in [0, 0.1) is 0 Å². The molecule has 3 rings (SSSR count). The molecule has 1 unspecified atom stereocenters. The molecule has 20 heavy (non-hydrogen) atoms. The highest BCUT2D eigenvalue weighted by molar-refractivity contribution is 9.10. The van der Waals surface area contributed by atoms with Crippen molar-refractivity contribution in [1.29, 1.82) is 0 Å². The average molecular weight is 332 g/mol.